The summed E-state index contributed by atoms with van der Waals surface area (Å²) in [5.74, 6) is 0. The summed E-state index contributed by atoms with van der Waals surface area (Å²) in [6.07, 6.45) is 1.53. The van der Waals surface area contributed by atoms with Crippen LogP contribution in [0.15, 0.2) is 36.5 Å². The van der Waals surface area contributed by atoms with Crippen molar-refractivity contribution >= 4 is 34.1 Å². The van der Waals surface area contributed by atoms with Gasteiger partial charge in [-0.1, -0.05) is 41.4 Å². The van der Waals surface area contributed by atoms with E-state index < -0.39 is 4.84 Å². The van der Waals surface area contributed by atoms with Crippen LogP contribution in [-0.4, -0.2) is 20.4 Å². The van der Waals surface area contributed by atoms with Gasteiger partial charge in [-0.05, 0) is 17.3 Å². The molecule has 0 saturated heterocycles. The number of aromatic nitrogens is 4. The highest BCUT2D eigenvalue weighted by Crippen LogP contribution is 2.32. The number of H-pyrrole nitrogens is 1. The first-order valence-corrected chi connectivity index (χ1v) is 6.17. The number of benzene rings is 1. The fourth-order valence-corrected chi connectivity index (χ4v) is 2.17. The molecular formula is C12H8Cl2N4. The van der Waals surface area contributed by atoms with E-state index in [0.717, 1.165) is 16.6 Å². The molecule has 0 unspecified atom stereocenters. The predicted octanol–water partition coefficient (Wildman–Crippen LogP) is 3.50. The molecule has 0 radical (unpaired) electrons. The molecule has 0 saturated carbocycles. The third-order valence-corrected chi connectivity index (χ3v) is 3.16. The van der Waals surface area contributed by atoms with Crippen LogP contribution in [0.1, 0.15) is 10.4 Å². The van der Waals surface area contributed by atoms with Crippen LogP contribution in [0.4, 0.5) is 0 Å². The van der Waals surface area contributed by atoms with Crippen molar-refractivity contribution in [1.82, 2.24) is 20.4 Å². The van der Waals surface area contributed by atoms with E-state index in [4.69, 9.17) is 23.2 Å². The molecule has 2 aromatic heterocycles. The predicted molar refractivity (Wildman–Crippen MR) is 71.6 cm³/mol. The molecule has 0 bridgehead atoms. The van der Waals surface area contributed by atoms with Crippen LogP contribution < -0.4 is 0 Å². The molecule has 0 fully saturated rings. The normalized spacial score (nSPS) is 11.3. The number of fused-ring (bicyclic) bond motifs is 1. The Bertz CT molecular complexity index is 660. The summed E-state index contributed by atoms with van der Waals surface area (Å²) in [6, 6.07) is 9.94. The summed E-state index contributed by atoms with van der Waals surface area (Å²) in [5.41, 5.74) is 3.11. The van der Waals surface area contributed by atoms with Crippen LogP contribution in [-0.2, 0) is 0 Å². The summed E-state index contributed by atoms with van der Waals surface area (Å²) >= 11 is 11.8. The molecule has 0 amide bonds. The number of para-hydroxylation sites is 1. The van der Waals surface area contributed by atoms with E-state index >= 15 is 0 Å². The van der Waals surface area contributed by atoms with Gasteiger partial charge in [0, 0.05) is 16.5 Å². The van der Waals surface area contributed by atoms with Crippen molar-refractivity contribution in [1.29, 1.82) is 0 Å². The topological polar surface area (TPSA) is 54.5 Å². The van der Waals surface area contributed by atoms with Gasteiger partial charge in [0.2, 0.25) is 0 Å². The van der Waals surface area contributed by atoms with E-state index in [9.17, 15) is 0 Å². The Morgan fingerprint density at radius 1 is 1.17 bits per heavy atom. The van der Waals surface area contributed by atoms with Gasteiger partial charge in [0.15, 0.2) is 0 Å². The lowest BCUT2D eigenvalue weighted by Gasteiger charge is -2.04. The van der Waals surface area contributed by atoms with Gasteiger partial charge >= 0.3 is 0 Å². The van der Waals surface area contributed by atoms with Gasteiger partial charge in [-0.3, -0.25) is 0 Å². The molecule has 2 heterocycles. The monoisotopic (exact) mass is 278 g/mol. The molecule has 1 N–H and O–H groups in total. The molecule has 0 aliphatic heterocycles. The van der Waals surface area contributed by atoms with Gasteiger partial charge in [-0.25, -0.2) is 0 Å². The lowest BCUT2D eigenvalue weighted by molar-refractivity contribution is 0.853. The number of rotatable bonds is 2. The zero-order valence-electron chi connectivity index (χ0n) is 9.14. The average Bonchev–Trinajstić information content (AvgIpc) is 2.82. The number of aromatic amines is 1. The van der Waals surface area contributed by atoms with E-state index in [0.29, 0.717) is 11.3 Å². The first kappa shape index (κ1) is 11.4. The van der Waals surface area contributed by atoms with Crippen molar-refractivity contribution in [2.45, 2.75) is 4.84 Å². The first-order valence-electron chi connectivity index (χ1n) is 5.30. The molecule has 90 valence electrons. The Labute approximate surface area is 113 Å². The number of halogens is 2. The van der Waals surface area contributed by atoms with E-state index in [1.54, 1.807) is 0 Å². The summed E-state index contributed by atoms with van der Waals surface area (Å²) in [7, 11) is 0. The second kappa shape index (κ2) is 4.55. The average molecular weight is 279 g/mol. The highest BCUT2D eigenvalue weighted by Gasteiger charge is 2.15. The molecule has 0 aliphatic rings. The summed E-state index contributed by atoms with van der Waals surface area (Å²) < 4.78 is 0. The number of nitrogens with one attached hydrogen (secondary N) is 1. The molecule has 6 heteroatoms. The summed E-state index contributed by atoms with van der Waals surface area (Å²) in [4.78, 5) is 2.57. The second-order valence-electron chi connectivity index (χ2n) is 3.81. The molecule has 0 atom stereocenters. The Kier molecular flexibility index (Phi) is 2.89. The lowest BCUT2D eigenvalue weighted by atomic mass is 10.2. The van der Waals surface area contributed by atoms with Crippen molar-refractivity contribution < 1.29 is 0 Å². The maximum atomic E-state index is 5.90. The molecule has 1 aromatic carbocycles. The molecule has 0 aliphatic carbocycles. The van der Waals surface area contributed by atoms with Gasteiger partial charge in [0.1, 0.15) is 10.5 Å². The van der Waals surface area contributed by atoms with Crippen molar-refractivity contribution in [3.8, 4) is 11.4 Å². The maximum absolute atomic E-state index is 5.90. The minimum absolute atomic E-state index is 0.621. The minimum Gasteiger partial charge on any atom is -0.353 e. The third kappa shape index (κ3) is 1.94. The Morgan fingerprint density at radius 2 is 2.00 bits per heavy atom. The van der Waals surface area contributed by atoms with E-state index in [-0.39, 0.29) is 0 Å². The van der Waals surface area contributed by atoms with Gasteiger partial charge in [0.05, 0.1) is 11.9 Å². The van der Waals surface area contributed by atoms with Gasteiger partial charge in [-0.2, -0.15) is 0 Å². The first-order chi connectivity index (χ1) is 8.75. The fraction of sp³-hybridized carbons (Fsp3) is 0.0833. The van der Waals surface area contributed by atoms with E-state index in [2.05, 4.69) is 20.4 Å². The maximum Gasteiger partial charge on any atom is 0.136 e. The lowest BCUT2D eigenvalue weighted by Crippen LogP contribution is -1.97. The number of hydrogen-bond acceptors (Lipinski definition) is 3. The summed E-state index contributed by atoms with van der Waals surface area (Å²) in [6.45, 7) is 0. The fourth-order valence-electron chi connectivity index (χ4n) is 1.85. The van der Waals surface area contributed by atoms with Crippen LogP contribution in [0.25, 0.3) is 22.3 Å². The van der Waals surface area contributed by atoms with Gasteiger partial charge in [0.25, 0.3) is 0 Å². The molecule has 3 aromatic rings. The SMILES string of the molecule is ClC(Cl)c1cnnnc1-c1cc2ccccc2[nH]1. The van der Waals surface area contributed by atoms with Crippen LogP contribution in [0.5, 0.6) is 0 Å². The molecular weight excluding hydrogens is 271 g/mol. The van der Waals surface area contributed by atoms with E-state index in [1.165, 1.54) is 6.20 Å². The Hall–Kier alpha value is -1.65. The largest absolute Gasteiger partial charge is 0.353 e. The van der Waals surface area contributed by atoms with Crippen LogP contribution in [0, 0.1) is 0 Å². The Morgan fingerprint density at radius 3 is 2.78 bits per heavy atom. The van der Waals surface area contributed by atoms with Crippen molar-refractivity contribution in [3.05, 3.63) is 42.1 Å². The molecule has 18 heavy (non-hydrogen) atoms. The summed E-state index contributed by atoms with van der Waals surface area (Å²) in [5, 5.41) is 12.4. The molecule has 3 rings (SSSR count). The number of alkyl halides is 2. The quantitative estimate of drug-likeness (QED) is 0.730. The van der Waals surface area contributed by atoms with Crippen molar-refractivity contribution in [3.63, 3.8) is 0 Å². The number of nitrogens with zero attached hydrogens (tertiary/aromatic N) is 3. The second-order valence-corrected chi connectivity index (χ2v) is 4.91. The third-order valence-electron chi connectivity index (χ3n) is 2.69. The zero-order valence-corrected chi connectivity index (χ0v) is 10.7. The minimum atomic E-state index is -0.686. The standard InChI is InChI=1S/C12H8Cl2N4/c13-12(14)8-6-15-18-17-11(8)10-5-7-3-1-2-4-9(7)16-10/h1-6,12,16H. The van der Waals surface area contributed by atoms with Crippen molar-refractivity contribution in [2.24, 2.45) is 0 Å². The molecule has 4 nitrogen and oxygen atoms in total. The van der Waals surface area contributed by atoms with E-state index in [1.807, 2.05) is 30.3 Å². The van der Waals surface area contributed by atoms with Gasteiger partial charge in [-0.15, -0.1) is 10.2 Å². The van der Waals surface area contributed by atoms with Crippen LogP contribution in [0.2, 0.25) is 0 Å². The highest BCUT2D eigenvalue weighted by molar-refractivity contribution is 6.44. The van der Waals surface area contributed by atoms with Crippen molar-refractivity contribution in [2.75, 3.05) is 0 Å². The molecule has 0 spiro atoms. The van der Waals surface area contributed by atoms with Crippen LogP contribution in [0.3, 0.4) is 0 Å². The van der Waals surface area contributed by atoms with Crippen LogP contribution >= 0.6 is 23.2 Å². The smallest absolute Gasteiger partial charge is 0.136 e. The highest BCUT2D eigenvalue weighted by atomic mass is 35.5. The van der Waals surface area contributed by atoms with Gasteiger partial charge < -0.3 is 4.98 Å². The Balaban J connectivity index is 2.20. The zero-order chi connectivity index (χ0) is 12.5. The number of hydrogen-bond donors (Lipinski definition) is 1.